The quantitative estimate of drug-likeness (QED) is 0.571. The summed E-state index contributed by atoms with van der Waals surface area (Å²) >= 11 is 5.71. The summed E-state index contributed by atoms with van der Waals surface area (Å²) in [6, 6.07) is 9.51. The van der Waals surface area contributed by atoms with E-state index in [2.05, 4.69) is 0 Å². The van der Waals surface area contributed by atoms with Gasteiger partial charge < -0.3 is 13.3 Å². The molecule has 0 amide bonds. The maximum atomic E-state index is 11.2. The molecule has 1 rings (SSSR count). The van der Waals surface area contributed by atoms with E-state index in [1.54, 1.807) is 0 Å². The molecule has 1 aromatic rings. The average molecular weight is 317 g/mol. The van der Waals surface area contributed by atoms with E-state index >= 15 is 0 Å². The van der Waals surface area contributed by atoms with Crippen LogP contribution >= 0.6 is 11.6 Å². The summed E-state index contributed by atoms with van der Waals surface area (Å²) in [7, 11) is -3.44. The molecule has 0 heterocycles. The van der Waals surface area contributed by atoms with Gasteiger partial charge in [-0.2, -0.15) is 0 Å². The SMILES string of the molecule is CC(=O)O[Si](CCCl)(OCc1ccccc1)OC(C)=O. The molecule has 0 radical (unpaired) electrons. The zero-order chi connectivity index (χ0) is 15.0. The second-order valence-electron chi connectivity index (χ2n) is 4.08. The van der Waals surface area contributed by atoms with Crippen molar-refractivity contribution in [2.75, 3.05) is 5.88 Å². The van der Waals surface area contributed by atoms with Gasteiger partial charge in [-0.05, 0) is 5.56 Å². The number of alkyl halides is 1. The number of benzene rings is 1. The van der Waals surface area contributed by atoms with E-state index in [9.17, 15) is 9.59 Å². The van der Waals surface area contributed by atoms with E-state index in [-0.39, 0.29) is 18.5 Å². The zero-order valence-electron chi connectivity index (χ0n) is 11.4. The third-order valence-electron chi connectivity index (χ3n) is 2.30. The van der Waals surface area contributed by atoms with Crippen LogP contribution in [0.5, 0.6) is 0 Å². The van der Waals surface area contributed by atoms with Crippen molar-refractivity contribution in [2.24, 2.45) is 0 Å². The Labute approximate surface area is 124 Å². The fraction of sp³-hybridized carbons (Fsp3) is 0.385. The first-order chi connectivity index (χ1) is 9.47. The highest BCUT2D eigenvalue weighted by Crippen LogP contribution is 2.19. The minimum Gasteiger partial charge on any atom is -0.464 e. The highest BCUT2D eigenvalue weighted by atomic mass is 35.5. The van der Waals surface area contributed by atoms with Gasteiger partial charge in [-0.15, -0.1) is 11.6 Å². The molecule has 110 valence electrons. The van der Waals surface area contributed by atoms with Crippen LogP contribution in [0.4, 0.5) is 0 Å². The topological polar surface area (TPSA) is 61.8 Å². The maximum Gasteiger partial charge on any atom is 0.637 e. The molecule has 0 aliphatic rings. The lowest BCUT2D eigenvalue weighted by atomic mass is 10.2. The lowest BCUT2D eigenvalue weighted by Gasteiger charge is -2.26. The number of halogens is 1. The Hall–Kier alpha value is -1.37. The summed E-state index contributed by atoms with van der Waals surface area (Å²) in [4.78, 5) is 22.5. The third kappa shape index (κ3) is 5.73. The molecule has 0 saturated carbocycles. The van der Waals surface area contributed by atoms with Crippen molar-refractivity contribution in [3.05, 3.63) is 35.9 Å². The van der Waals surface area contributed by atoms with Crippen molar-refractivity contribution in [2.45, 2.75) is 26.5 Å². The second-order valence-corrected chi connectivity index (χ2v) is 7.02. The van der Waals surface area contributed by atoms with Crippen LogP contribution in [0.25, 0.3) is 0 Å². The molecule has 5 nitrogen and oxygen atoms in total. The fourth-order valence-electron chi connectivity index (χ4n) is 1.58. The van der Waals surface area contributed by atoms with E-state index in [0.717, 1.165) is 5.56 Å². The molecule has 0 N–H and O–H groups in total. The summed E-state index contributed by atoms with van der Waals surface area (Å²) in [5.41, 5.74) is 0.887. The smallest absolute Gasteiger partial charge is 0.464 e. The molecule has 0 spiro atoms. The predicted octanol–water partition coefficient (Wildman–Crippen LogP) is 2.51. The largest absolute Gasteiger partial charge is 0.637 e. The number of rotatable bonds is 7. The van der Waals surface area contributed by atoms with Gasteiger partial charge in [0.25, 0.3) is 11.9 Å². The second kappa shape index (κ2) is 8.03. The summed E-state index contributed by atoms with van der Waals surface area (Å²) in [6.45, 7) is 2.67. The van der Waals surface area contributed by atoms with Crippen molar-refractivity contribution in [1.29, 1.82) is 0 Å². The summed E-state index contributed by atoms with van der Waals surface area (Å²) in [5, 5.41) is 0. The first kappa shape index (κ1) is 16.7. The van der Waals surface area contributed by atoms with Crippen molar-refractivity contribution >= 4 is 32.3 Å². The van der Waals surface area contributed by atoms with E-state index in [4.69, 9.17) is 24.9 Å². The summed E-state index contributed by atoms with van der Waals surface area (Å²) < 4.78 is 16.0. The maximum absolute atomic E-state index is 11.2. The lowest BCUT2D eigenvalue weighted by Crippen LogP contribution is -2.48. The molecule has 1 aromatic carbocycles. The third-order valence-corrected chi connectivity index (χ3v) is 5.45. The molecule has 0 atom stereocenters. The Balaban J connectivity index is 2.83. The van der Waals surface area contributed by atoms with Gasteiger partial charge in [0, 0.05) is 19.7 Å². The molecule has 7 heteroatoms. The normalized spacial score (nSPS) is 10.9. The van der Waals surface area contributed by atoms with Crippen molar-refractivity contribution in [3.63, 3.8) is 0 Å². The van der Waals surface area contributed by atoms with E-state index in [1.807, 2.05) is 30.3 Å². The van der Waals surface area contributed by atoms with Crippen LogP contribution in [0.2, 0.25) is 6.04 Å². The number of carbonyl (C=O) groups is 2. The first-order valence-electron chi connectivity index (χ1n) is 6.10. The Morgan fingerprint density at radius 3 is 2.10 bits per heavy atom. The van der Waals surface area contributed by atoms with Gasteiger partial charge in [0.05, 0.1) is 12.7 Å². The van der Waals surface area contributed by atoms with Crippen LogP contribution in [0.15, 0.2) is 30.3 Å². The van der Waals surface area contributed by atoms with Gasteiger partial charge in [0.2, 0.25) is 0 Å². The molecule has 0 unspecified atom stereocenters. The first-order valence-corrected chi connectivity index (χ1v) is 8.57. The molecule has 20 heavy (non-hydrogen) atoms. The molecular formula is C13H17ClO5Si. The van der Waals surface area contributed by atoms with Gasteiger partial charge in [-0.1, -0.05) is 30.3 Å². The molecule has 0 aromatic heterocycles. The van der Waals surface area contributed by atoms with Crippen molar-refractivity contribution in [3.8, 4) is 0 Å². The zero-order valence-corrected chi connectivity index (χ0v) is 13.2. The van der Waals surface area contributed by atoms with Gasteiger partial charge >= 0.3 is 8.80 Å². The number of hydrogen-bond acceptors (Lipinski definition) is 5. The summed E-state index contributed by atoms with van der Waals surface area (Å²) in [6.07, 6.45) is 0. The molecule has 0 fully saturated rings. The average Bonchev–Trinajstić information content (AvgIpc) is 2.36. The highest BCUT2D eigenvalue weighted by molar-refractivity contribution is 6.64. The Morgan fingerprint density at radius 2 is 1.65 bits per heavy atom. The van der Waals surface area contributed by atoms with E-state index < -0.39 is 20.7 Å². The van der Waals surface area contributed by atoms with Crippen LogP contribution in [-0.2, 0) is 29.5 Å². The molecule has 0 bridgehead atoms. The molecular weight excluding hydrogens is 300 g/mol. The van der Waals surface area contributed by atoms with Crippen LogP contribution in [0, 0.1) is 0 Å². The van der Waals surface area contributed by atoms with Gasteiger partial charge in [0.1, 0.15) is 0 Å². The van der Waals surface area contributed by atoms with Crippen molar-refractivity contribution < 1.29 is 22.9 Å². The lowest BCUT2D eigenvalue weighted by molar-refractivity contribution is -0.143. The van der Waals surface area contributed by atoms with Gasteiger partial charge in [0.15, 0.2) is 0 Å². The molecule has 0 aliphatic carbocycles. The van der Waals surface area contributed by atoms with Crippen LogP contribution in [0.3, 0.4) is 0 Å². The Morgan fingerprint density at radius 1 is 1.10 bits per heavy atom. The molecule has 0 saturated heterocycles. The fourth-order valence-corrected chi connectivity index (χ4v) is 4.27. The molecule has 0 aliphatic heterocycles. The van der Waals surface area contributed by atoms with Gasteiger partial charge in [-0.25, -0.2) is 0 Å². The van der Waals surface area contributed by atoms with Crippen molar-refractivity contribution in [1.82, 2.24) is 0 Å². The standard InChI is InChI=1S/C13H17ClO5Si/c1-11(15)18-20(9-8-14,19-12(2)16)17-10-13-6-4-3-5-7-13/h3-7H,8-10H2,1-2H3. The Bertz CT molecular complexity index is 435. The van der Waals surface area contributed by atoms with Crippen LogP contribution < -0.4 is 0 Å². The minimum absolute atomic E-state index is 0.168. The highest BCUT2D eigenvalue weighted by Gasteiger charge is 2.47. The Kier molecular flexibility index (Phi) is 6.70. The summed E-state index contributed by atoms with van der Waals surface area (Å²) in [5.74, 6) is -0.950. The minimum atomic E-state index is -3.44. The van der Waals surface area contributed by atoms with Crippen LogP contribution in [-0.4, -0.2) is 26.6 Å². The number of hydrogen-bond donors (Lipinski definition) is 0. The van der Waals surface area contributed by atoms with E-state index in [0.29, 0.717) is 0 Å². The van der Waals surface area contributed by atoms with Gasteiger partial charge in [-0.3, -0.25) is 9.59 Å². The van der Waals surface area contributed by atoms with E-state index in [1.165, 1.54) is 13.8 Å². The van der Waals surface area contributed by atoms with Crippen LogP contribution in [0.1, 0.15) is 19.4 Å². The predicted molar refractivity (Wildman–Crippen MR) is 76.0 cm³/mol. The number of carbonyl (C=O) groups excluding carboxylic acids is 2. The monoisotopic (exact) mass is 316 g/mol.